The highest BCUT2D eigenvalue weighted by Gasteiger charge is 2.36. The van der Waals surface area contributed by atoms with Crippen molar-refractivity contribution in [3.63, 3.8) is 0 Å². The number of fused-ring (bicyclic) bond motifs is 3. The zero-order chi connectivity index (χ0) is 75.5. The van der Waals surface area contributed by atoms with Crippen molar-refractivity contribution in [1.29, 1.82) is 0 Å². The van der Waals surface area contributed by atoms with Crippen LogP contribution in [0, 0.1) is 5.92 Å². The number of hydrogen-bond donors (Lipinski definition) is 7. The Morgan fingerprint density at radius 3 is 1.46 bits per heavy atom. The molecule has 0 saturated carbocycles. The van der Waals surface area contributed by atoms with Crippen molar-refractivity contribution in [2.75, 3.05) is 163 Å². The number of sulfone groups is 1. The van der Waals surface area contributed by atoms with Crippen LogP contribution in [-0.4, -0.2) is 186 Å². The van der Waals surface area contributed by atoms with Crippen molar-refractivity contribution in [3.05, 3.63) is 161 Å². The van der Waals surface area contributed by atoms with Gasteiger partial charge in [0.15, 0.2) is 27.3 Å². The number of piperazine rings is 1. The van der Waals surface area contributed by atoms with Crippen LogP contribution in [0.4, 0.5) is 75.1 Å². The maximum absolute atomic E-state index is 13.4. The third-order valence-electron chi connectivity index (χ3n) is 18.6. The molecule has 3 aromatic heterocycles. The predicted octanol–water partition coefficient (Wildman–Crippen LogP) is 14.4. The molecular weight excluding hydrogens is 1490 g/mol. The molecule has 14 rings (SSSR count). The number of halogens is 3. The van der Waals surface area contributed by atoms with Gasteiger partial charge in [0.1, 0.15) is 65.6 Å². The Labute approximate surface area is 635 Å². The summed E-state index contributed by atoms with van der Waals surface area (Å²) < 4.78 is 87.6. The molecule has 5 aliphatic rings. The average molecular weight is 1580 g/mol. The van der Waals surface area contributed by atoms with Gasteiger partial charge in [-0.3, -0.25) is 4.90 Å². The molecule has 6 aromatic carbocycles. The van der Waals surface area contributed by atoms with Crippen LogP contribution < -0.4 is 77.0 Å². The van der Waals surface area contributed by atoms with E-state index in [0.717, 1.165) is 78.9 Å². The molecule has 32 heteroatoms. The van der Waals surface area contributed by atoms with Crippen LogP contribution >= 0.6 is 56.2 Å². The molecule has 1 unspecified atom stereocenters. The molecular formula is C74H90Cl3N16O9P3S. The Hall–Kier alpha value is -8.25. The SMILES string of the molecule is COc1cc(N2CCN(C)CC2)ccc1Nc1ncc(Cl)c(Nc2ccccc2P(C)(C)=O)n1.COc1cc(OC2CN3CCC2CC3)ccc1Nc1ncc(Cl)c(Nc2ccccc2P(C)(C)=O)n1.COc1cc(P2(=O)CCNCC2)ccc1Nc1ncc(Cl)c(Nc2ccccc2S(=O)(=O)C(C)C)n1. The van der Waals surface area contributed by atoms with Gasteiger partial charge in [0.2, 0.25) is 17.8 Å². The summed E-state index contributed by atoms with van der Waals surface area (Å²) in [6.45, 7) is 19.0. The van der Waals surface area contributed by atoms with E-state index in [1.165, 1.54) is 44.5 Å². The highest BCUT2D eigenvalue weighted by Crippen LogP contribution is 2.47. The van der Waals surface area contributed by atoms with E-state index in [-0.39, 0.29) is 27.8 Å². The summed E-state index contributed by atoms with van der Waals surface area (Å²) in [6.07, 6.45) is 8.33. The zero-order valence-corrected chi connectivity index (χ0v) is 66.6. The number of nitrogens with one attached hydrogen (secondary N) is 7. The number of methoxy groups -OCH3 is 3. The number of nitrogens with zero attached hydrogens (tertiary/aromatic N) is 9. The van der Waals surface area contributed by atoms with Gasteiger partial charge in [0.25, 0.3) is 0 Å². The maximum atomic E-state index is 13.4. The van der Waals surface area contributed by atoms with Crippen molar-refractivity contribution in [3.8, 4) is 23.0 Å². The molecule has 9 aromatic rings. The summed E-state index contributed by atoms with van der Waals surface area (Å²) in [5, 5.41) is 24.9. The molecule has 0 amide bonds. The number of para-hydroxylation sites is 3. The van der Waals surface area contributed by atoms with Crippen molar-refractivity contribution in [2.45, 2.75) is 42.9 Å². The highest BCUT2D eigenvalue weighted by molar-refractivity contribution is 7.92. The Morgan fingerprint density at radius 2 is 0.991 bits per heavy atom. The number of likely N-dealkylation sites (N-methyl/N-ethyl adjacent to an activating group) is 1. The quantitative estimate of drug-likeness (QED) is 0.0293. The van der Waals surface area contributed by atoms with Gasteiger partial charge in [0, 0.05) is 91.9 Å². The monoisotopic (exact) mass is 1580 g/mol. The third-order valence-corrected chi connectivity index (χ3v) is 27.8. The fourth-order valence-corrected chi connectivity index (χ4v) is 19.0. The minimum atomic E-state index is -3.53. The standard InChI is InChI=1S/C26H31ClN5O3P.C24H30ClN6O2P.C24H29ClN5O4PS/c1-34-22-14-18(35-23-16-32-12-10-17(23)11-13-32)8-9-20(22)30-26-28-15-19(27)25(31-26)29-21-6-4-5-7-24(21)36(2,3)33;1-30-11-13-31(14-12-30)17-9-10-19(21(15-17)33-2)28-24-26-16-18(25)23(29-24)27-20-7-5-6-8-22(20)34(3,4)32;1-16(2)36(32,33)22-7-5-4-6-20(22)28-23-18(25)15-27-24(30-23)29-19-9-8-17(14-21(19)34-3)35(31)12-10-26-11-13-35/h4-9,14-15,17,23H,10-13,16H2,1-3H3,(H2,28,29,30,31);5-10,15-16H,11-14H2,1-4H3,(H2,26,27,28,29);4-9,14-16,26H,10-13H2,1-3H3,(H2,27,28,29,30). The van der Waals surface area contributed by atoms with Crippen molar-refractivity contribution < 1.29 is 41.1 Å². The zero-order valence-electron chi connectivity index (χ0n) is 60.9. The number of aromatic nitrogens is 6. The van der Waals surface area contributed by atoms with Gasteiger partial charge in [-0.15, -0.1) is 0 Å². The fraction of sp³-hybridized carbons (Fsp3) is 0.351. The number of benzene rings is 6. The molecule has 2 bridgehead atoms. The van der Waals surface area contributed by atoms with Crippen LogP contribution in [0.2, 0.25) is 15.1 Å². The molecule has 0 spiro atoms. The van der Waals surface area contributed by atoms with Crippen molar-refractivity contribution in [2.24, 2.45) is 5.92 Å². The van der Waals surface area contributed by atoms with Crippen LogP contribution in [0.15, 0.2) is 151 Å². The number of piperidine rings is 3. The summed E-state index contributed by atoms with van der Waals surface area (Å²) in [7, 11) is -4.04. The molecule has 106 heavy (non-hydrogen) atoms. The van der Waals surface area contributed by atoms with Gasteiger partial charge in [-0.25, -0.2) is 23.4 Å². The molecule has 5 saturated heterocycles. The molecule has 1 atom stereocenters. The number of ether oxygens (including phenoxy) is 4. The summed E-state index contributed by atoms with van der Waals surface area (Å²) in [4.78, 5) is 33.8. The van der Waals surface area contributed by atoms with E-state index in [1.807, 2.05) is 84.9 Å². The lowest BCUT2D eigenvalue weighted by atomic mass is 9.86. The second kappa shape index (κ2) is 34.8. The molecule has 562 valence electrons. The van der Waals surface area contributed by atoms with Crippen LogP contribution in [0.1, 0.15) is 26.7 Å². The first kappa shape index (κ1) is 78.8. The van der Waals surface area contributed by atoms with Gasteiger partial charge in [-0.05, 0) is 158 Å². The Kier molecular flexibility index (Phi) is 25.8. The summed E-state index contributed by atoms with van der Waals surface area (Å²) >= 11 is 19.1. The Morgan fingerprint density at radius 1 is 0.547 bits per heavy atom. The van der Waals surface area contributed by atoms with Gasteiger partial charge in [-0.2, -0.15) is 15.0 Å². The smallest absolute Gasteiger partial charge is 0.229 e. The number of hydrogen-bond acceptors (Lipinski definition) is 25. The lowest BCUT2D eigenvalue weighted by molar-refractivity contribution is -0.00782. The number of rotatable bonds is 23. The van der Waals surface area contributed by atoms with Gasteiger partial charge in [0.05, 0.1) is 84.2 Å². The van der Waals surface area contributed by atoms with Gasteiger partial charge in [-0.1, -0.05) is 71.2 Å². The van der Waals surface area contributed by atoms with Crippen molar-refractivity contribution in [1.82, 2.24) is 45.0 Å². The summed E-state index contributed by atoms with van der Waals surface area (Å²) in [6, 6.07) is 38.8. The van der Waals surface area contributed by atoms with E-state index in [9.17, 15) is 22.1 Å². The molecule has 5 fully saturated rings. The Balaban J connectivity index is 0.000000159. The molecule has 0 aliphatic carbocycles. The predicted molar refractivity (Wildman–Crippen MR) is 433 cm³/mol. The van der Waals surface area contributed by atoms with E-state index in [4.69, 9.17) is 53.8 Å². The van der Waals surface area contributed by atoms with E-state index in [2.05, 4.69) is 94.9 Å². The van der Waals surface area contributed by atoms with Crippen LogP contribution in [-0.2, 0) is 23.5 Å². The van der Waals surface area contributed by atoms with E-state index in [1.54, 1.807) is 98.2 Å². The molecule has 8 heterocycles. The topological polar surface area (TPSA) is 294 Å². The van der Waals surface area contributed by atoms with Crippen LogP contribution in [0.25, 0.3) is 0 Å². The van der Waals surface area contributed by atoms with E-state index < -0.39 is 36.5 Å². The molecule has 0 radical (unpaired) electrons. The summed E-state index contributed by atoms with van der Waals surface area (Å²) in [5.41, 5.74) is 4.95. The second-order valence-corrected chi connectivity index (χ2v) is 40.3. The van der Waals surface area contributed by atoms with Crippen LogP contribution in [0.5, 0.6) is 23.0 Å². The third kappa shape index (κ3) is 19.7. The number of anilines is 13. The van der Waals surface area contributed by atoms with Crippen LogP contribution in [0.3, 0.4) is 0 Å². The lowest BCUT2D eigenvalue weighted by Gasteiger charge is -2.44. The van der Waals surface area contributed by atoms with Crippen molar-refractivity contribution >= 4 is 157 Å². The van der Waals surface area contributed by atoms with Gasteiger partial charge >= 0.3 is 0 Å². The minimum absolute atomic E-state index is 0.161. The lowest BCUT2D eigenvalue weighted by Crippen LogP contribution is -2.52. The average Bonchev–Trinajstić information content (AvgIpc) is 0.817. The fourth-order valence-electron chi connectivity index (χ4n) is 12.6. The normalized spacial score (nSPS) is 17.2. The maximum Gasteiger partial charge on any atom is 0.229 e. The first-order valence-electron chi connectivity index (χ1n) is 34.7. The van der Waals surface area contributed by atoms with Gasteiger partial charge < -0.3 is 79.7 Å². The highest BCUT2D eigenvalue weighted by atomic mass is 35.5. The first-order chi connectivity index (χ1) is 50.7. The molecule has 5 aliphatic heterocycles. The van der Waals surface area contributed by atoms with E-state index in [0.29, 0.717) is 97.5 Å². The summed E-state index contributed by atoms with van der Waals surface area (Å²) in [5.74, 6) is 5.28. The minimum Gasteiger partial charge on any atom is -0.495 e. The molecule has 25 nitrogen and oxygen atoms in total. The van der Waals surface area contributed by atoms with E-state index >= 15 is 0 Å². The second-order valence-electron chi connectivity index (χ2n) is 27.0. The Bertz CT molecular complexity index is 4860. The molecule has 7 N–H and O–H groups in total. The largest absolute Gasteiger partial charge is 0.495 e. The first-order valence-corrected chi connectivity index (χ1v) is 44.6.